The number of anilines is 1. The van der Waals surface area contributed by atoms with Gasteiger partial charge >= 0.3 is 6.09 Å². The SMILES string of the molecule is CC(C)(C)OC(=O)N1CCc2[nH]c3ccc(N)cc3c2CC1. The minimum absolute atomic E-state index is 0.235. The zero-order valence-electron chi connectivity index (χ0n) is 13.4. The molecular formula is C17H23N3O2. The number of hydrogen-bond acceptors (Lipinski definition) is 3. The van der Waals surface area contributed by atoms with Gasteiger partial charge in [0.15, 0.2) is 0 Å². The number of carbonyl (C=O) groups is 1. The number of carbonyl (C=O) groups excluding carboxylic acids is 1. The summed E-state index contributed by atoms with van der Waals surface area (Å²) in [5.74, 6) is 0. The van der Waals surface area contributed by atoms with E-state index in [-0.39, 0.29) is 6.09 Å². The van der Waals surface area contributed by atoms with Crippen molar-refractivity contribution in [2.45, 2.75) is 39.2 Å². The normalized spacial score (nSPS) is 15.5. The Morgan fingerprint density at radius 2 is 2.00 bits per heavy atom. The summed E-state index contributed by atoms with van der Waals surface area (Å²) in [6, 6.07) is 5.93. The van der Waals surface area contributed by atoms with E-state index in [9.17, 15) is 4.79 Å². The number of nitrogen functional groups attached to an aromatic ring is 1. The van der Waals surface area contributed by atoms with Crippen LogP contribution in [0.15, 0.2) is 18.2 Å². The third kappa shape index (κ3) is 2.89. The Kier molecular flexibility index (Phi) is 3.51. The molecule has 1 aliphatic heterocycles. The van der Waals surface area contributed by atoms with Crippen LogP contribution in [0.25, 0.3) is 10.9 Å². The molecule has 22 heavy (non-hydrogen) atoms. The Morgan fingerprint density at radius 1 is 1.27 bits per heavy atom. The molecule has 0 radical (unpaired) electrons. The fourth-order valence-electron chi connectivity index (χ4n) is 2.93. The maximum atomic E-state index is 12.2. The molecule has 0 saturated carbocycles. The minimum atomic E-state index is -0.459. The van der Waals surface area contributed by atoms with Crippen molar-refractivity contribution < 1.29 is 9.53 Å². The number of nitrogens with one attached hydrogen (secondary N) is 1. The van der Waals surface area contributed by atoms with Crippen LogP contribution in [-0.4, -0.2) is 34.7 Å². The fraction of sp³-hybridized carbons (Fsp3) is 0.471. The van der Waals surface area contributed by atoms with E-state index in [1.807, 2.05) is 39.0 Å². The second-order valence-electron chi connectivity index (χ2n) is 6.85. The van der Waals surface area contributed by atoms with Gasteiger partial charge in [-0.05, 0) is 51.0 Å². The summed E-state index contributed by atoms with van der Waals surface area (Å²) in [4.78, 5) is 17.5. The monoisotopic (exact) mass is 301 g/mol. The van der Waals surface area contributed by atoms with E-state index in [1.54, 1.807) is 4.90 Å². The van der Waals surface area contributed by atoms with E-state index in [2.05, 4.69) is 4.98 Å². The Bertz CT molecular complexity index is 712. The summed E-state index contributed by atoms with van der Waals surface area (Å²) in [5.41, 5.74) is 9.80. The molecule has 5 heteroatoms. The highest BCUT2D eigenvalue weighted by Gasteiger charge is 2.25. The van der Waals surface area contributed by atoms with Gasteiger partial charge in [0.2, 0.25) is 0 Å². The molecule has 1 aromatic carbocycles. The van der Waals surface area contributed by atoms with E-state index in [4.69, 9.17) is 10.5 Å². The third-order valence-corrected chi connectivity index (χ3v) is 3.93. The standard InChI is InChI=1S/C17H23N3O2/c1-17(2,3)22-16(21)20-8-6-12-13-10-11(18)4-5-14(13)19-15(12)7-9-20/h4-5,10,19H,6-9,18H2,1-3H3. The summed E-state index contributed by atoms with van der Waals surface area (Å²) in [5, 5.41) is 1.17. The average Bonchev–Trinajstić information content (AvgIpc) is 2.61. The smallest absolute Gasteiger partial charge is 0.410 e. The third-order valence-electron chi connectivity index (χ3n) is 3.93. The highest BCUT2D eigenvalue weighted by molar-refractivity contribution is 5.87. The minimum Gasteiger partial charge on any atom is -0.444 e. The van der Waals surface area contributed by atoms with Gasteiger partial charge in [0.1, 0.15) is 5.60 Å². The lowest BCUT2D eigenvalue weighted by Crippen LogP contribution is -2.38. The lowest BCUT2D eigenvalue weighted by molar-refractivity contribution is 0.0258. The lowest BCUT2D eigenvalue weighted by atomic mass is 10.1. The lowest BCUT2D eigenvalue weighted by Gasteiger charge is -2.26. The van der Waals surface area contributed by atoms with Crippen molar-refractivity contribution in [3.63, 3.8) is 0 Å². The Labute approximate surface area is 130 Å². The van der Waals surface area contributed by atoms with Gasteiger partial charge < -0.3 is 20.4 Å². The molecule has 1 aromatic heterocycles. The molecule has 0 saturated heterocycles. The number of amides is 1. The summed E-state index contributed by atoms with van der Waals surface area (Å²) >= 11 is 0. The first-order valence-corrected chi connectivity index (χ1v) is 7.70. The zero-order valence-corrected chi connectivity index (χ0v) is 13.4. The molecule has 2 heterocycles. The van der Waals surface area contributed by atoms with Crippen LogP contribution in [0.3, 0.4) is 0 Å². The number of aromatic amines is 1. The molecule has 1 amide bonds. The maximum absolute atomic E-state index is 12.2. The van der Waals surface area contributed by atoms with Crippen molar-refractivity contribution in [2.75, 3.05) is 18.8 Å². The van der Waals surface area contributed by atoms with Crippen molar-refractivity contribution >= 4 is 22.7 Å². The number of H-pyrrole nitrogens is 1. The van der Waals surface area contributed by atoms with Crippen molar-refractivity contribution in [2.24, 2.45) is 0 Å². The quantitative estimate of drug-likeness (QED) is 0.735. The molecular weight excluding hydrogens is 278 g/mol. The Hall–Kier alpha value is -2.17. The first-order chi connectivity index (χ1) is 10.3. The molecule has 5 nitrogen and oxygen atoms in total. The van der Waals surface area contributed by atoms with Crippen molar-refractivity contribution in [3.8, 4) is 0 Å². The van der Waals surface area contributed by atoms with E-state index in [1.165, 1.54) is 16.6 Å². The van der Waals surface area contributed by atoms with Gasteiger partial charge in [0.25, 0.3) is 0 Å². The molecule has 118 valence electrons. The zero-order chi connectivity index (χ0) is 15.9. The Morgan fingerprint density at radius 3 is 2.73 bits per heavy atom. The molecule has 3 rings (SSSR count). The second-order valence-corrected chi connectivity index (χ2v) is 6.85. The summed E-state index contributed by atoms with van der Waals surface area (Å²) < 4.78 is 5.47. The molecule has 2 aromatic rings. The van der Waals surface area contributed by atoms with E-state index in [0.717, 1.165) is 24.0 Å². The topological polar surface area (TPSA) is 71.3 Å². The summed E-state index contributed by atoms with van der Waals surface area (Å²) in [6.07, 6.45) is 1.39. The van der Waals surface area contributed by atoms with Crippen LogP contribution in [0, 0.1) is 0 Å². The van der Waals surface area contributed by atoms with Gasteiger partial charge in [0.05, 0.1) is 0 Å². The van der Waals surface area contributed by atoms with Crippen molar-refractivity contribution in [3.05, 3.63) is 29.5 Å². The van der Waals surface area contributed by atoms with Crippen molar-refractivity contribution in [1.82, 2.24) is 9.88 Å². The average molecular weight is 301 g/mol. The highest BCUT2D eigenvalue weighted by atomic mass is 16.6. The molecule has 1 aliphatic rings. The number of nitrogens with zero attached hydrogens (tertiary/aromatic N) is 1. The van der Waals surface area contributed by atoms with Crippen LogP contribution < -0.4 is 5.73 Å². The van der Waals surface area contributed by atoms with Crippen LogP contribution in [-0.2, 0) is 17.6 Å². The molecule has 0 fully saturated rings. The molecule has 0 aliphatic carbocycles. The van der Waals surface area contributed by atoms with Crippen LogP contribution in [0.1, 0.15) is 32.0 Å². The number of ether oxygens (including phenoxy) is 1. The van der Waals surface area contributed by atoms with Gasteiger partial charge in [0, 0.05) is 41.8 Å². The van der Waals surface area contributed by atoms with Crippen LogP contribution >= 0.6 is 0 Å². The van der Waals surface area contributed by atoms with Gasteiger partial charge in [-0.25, -0.2) is 4.79 Å². The molecule has 3 N–H and O–H groups in total. The second kappa shape index (κ2) is 5.23. The van der Waals surface area contributed by atoms with E-state index >= 15 is 0 Å². The largest absolute Gasteiger partial charge is 0.444 e. The number of fused-ring (bicyclic) bond motifs is 3. The van der Waals surface area contributed by atoms with Gasteiger partial charge in [-0.1, -0.05) is 0 Å². The van der Waals surface area contributed by atoms with E-state index in [0.29, 0.717) is 13.1 Å². The highest BCUT2D eigenvalue weighted by Crippen LogP contribution is 2.27. The summed E-state index contributed by atoms with van der Waals surface area (Å²) in [7, 11) is 0. The van der Waals surface area contributed by atoms with Gasteiger partial charge in [-0.2, -0.15) is 0 Å². The summed E-state index contributed by atoms with van der Waals surface area (Å²) in [6.45, 7) is 7.01. The molecule has 0 unspecified atom stereocenters. The van der Waals surface area contributed by atoms with E-state index < -0.39 is 5.60 Å². The number of rotatable bonds is 0. The van der Waals surface area contributed by atoms with Crippen molar-refractivity contribution in [1.29, 1.82) is 0 Å². The number of aromatic nitrogens is 1. The Balaban J connectivity index is 1.81. The molecule has 0 bridgehead atoms. The van der Waals surface area contributed by atoms with Crippen LogP contribution in [0.2, 0.25) is 0 Å². The van der Waals surface area contributed by atoms with Crippen LogP contribution in [0.4, 0.5) is 10.5 Å². The maximum Gasteiger partial charge on any atom is 0.410 e. The molecule has 0 atom stereocenters. The number of hydrogen-bond donors (Lipinski definition) is 2. The van der Waals surface area contributed by atoms with Gasteiger partial charge in [-0.3, -0.25) is 0 Å². The number of nitrogens with two attached hydrogens (primary N) is 1. The van der Waals surface area contributed by atoms with Crippen LogP contribution in [0.5, 0.6) is 0 Å². The number of benzene rings is 1. The first kappa shape index (κ1) is 14.8. The fourth-order valence-corrected chi connectivity index (χ4v) is 2.93. The first-order valence-electron chi connectivity index (χ1n) is 7.70. The predicted octanol–water partition coefficient (Wildman–Crippen LogP) is 3.09. The molecule has 0 spiro atoms. The predicted molar refractivity (Wildman–Crippen MR) is 87.9 cm³/mol. The van der Waals surface area contributed by atoms with Gasteiger partial charge in [-0.15, -0.1) is 0 Å².